The molecule has 1 heterocycles. The SMILES string of the molecule is CC(CP(=O)(O)Cc1ccccc1)(C(=O)O)c1c[nH]c2ccccc12. The van der Waals surface area contributed by atoms with E-state index in [1.165, 1.54) is 6.92 Å². The first-order chi connectivity index (χ1) is 11.8. The molecule has 0 bridgehead atoms. The van der Waals surface area contributed by atoms with Crippen LogP contribution in [0, 0.1) is 0 Å². The lowest BCUT2D eigenvalue weighted by Crippen LogP contribution is -2.36. The lowest BCUT2D eigenvalue weighted by atomic mass is 9.84. The molecule has 0 aliphatic heterocycles. The summed E-state index contributed by atoms with van der Waals surface area (Å²) in [5.41, 5.74) is 0.595. The van der Waals surface area contributed by atoms with Crippen molar-refractivity contribution in [2.75, 3.05) is 6.16 Å². The van der Waals surface area contributed by atoms with E-state index >= 15 is 0 Å². The maximum Gasteiger partial charge on any atom is 0.314 e. The summed E-state index contributed by atoms with van der Waals surface area (Å²) < 4.78 is 12.8. The summed E-state index contributed by atoms with van der Waals surface area (Å²) in [6.45, 7) is 1.51. The highest BCUT2D eigenvalue weighted by Gasteiger charge is 2.43. The van der Waals surface area contributed by atoms with E-state index in [1.54, 1.807) is 30.5 Å². The Morgan fingerprint density at radius 3 is 2.44 bits per heavy atom. The van der Waals surface area contributed by atoms with Gasteiger partial charge in [0, 0.05) is 29.4 Å². The average Bonchev–Trinajstić information content (AvgIpc) is 2.99. The fraction of sp³-hybridized carbons (Fsp3) is 0.211. The Labute approximate surface area is 145 Å². The van der Waals surface area contributed by atoms with Gasteiger partial charge in [-0.05, 0) is 24.1 Å². The largest absolute Gasteiger partial charge is 0.481 e. The molecule has 0 fully saturated rings. The number of fused-ring (bicyclic) bond motifs is 1. The second-order valence-corrected chi connectivity index (χ2v) is 8.86. The van der Waals surface area contributed by atoms with E-state index in [0.717, 1.165) is 16.5 Å². The number of carbonyl (C=O) groups is 1. The first-order valence-electron chi connectivity index (χ1n) is 7.97. The van der Waals surface area contributed by atoms with E-state index in [9.17, 15) is 19.4 Å². The van der Waals surface area contributed by atoms with E-state index < -0.39 is 18.8 Å². The first kappa shape index (κ1) is 17.5. The van der Waals surface area contributed by atoms with Crippen molar-refractivity contribution in [3.63, 3.8) is 0 Å². The van der Waals surface area contributed by atoms with Crippen LogP contribution in [0.3, 0.4) is 0 Å². The summed E-state index contributed by atoms with van der Waals surface area (Å²) in [5.74, 6) is -1.11. The summed E-state index contributed by atoms with van der Waals surface area (Å²) >= 11 is 0. The minimum atomic E-state index is -3.70. The summed E-state index contributed by atoms with van der Waals surface area (Å²) in [6.07, 6.45) is 1.26. The molecule has 6 heteroatoms. The number of aliphatic carboxylic acids is 1. The maximum atomic E-state index is 12.8. The van der Waals surface area contributed by atoms with Gasteiger partial charge >= 0.3 is 5.97 Å². The van der Waals surface area contributed by atoms with Crippen LogP contribution in [0.2, 0.25) is 0 Å². The predicted octanol–water partition coefficient (Wildman–Crippen LogP) is 3.98. The number of aromatic amines is 1. The van der Waals surface area contributed by atoms with Gasteiger partial charge in [0.2, 0.25) is 7.37 Å². The van der Waals surface area contributed by atoms with Crippen molar-refractivity contribution >= 4 is 24.2 Å². The number of H-pyrrole nitrogens is 1. The molecule has 3 N–H and O–H groups in total. The molecule has 0 saturated carbocycles. The van der Waals surface area contributed by atoms with Gasteiger partial charge in [-0.25, -0.2) is 0 Å². The van der Waals surface area contributed by atoms with Crippen molar-refractivity contribution in [2.24, 2.45) is 0 Å². The summed E-state index contributed by atoms with van der Waals surface area (Å²) in [7, 11) is -3.70. The molecule has 0 spiro atoms. The van der Waals surface area contributed by atoms with Crippen LogP contribution in [0.25, 0.3) is 10.9 Å². The van der Waals surface area contributed by atoms with Crippen LogP contribution in [0.15, 0.2) is 60.8 Å². The van der Waals surface area contributed by atoms with Gasteiger partial charge < -0.3 is 15.0 Å². The van der Waals surface area contributed by atoms with Gasteiger partial charge in [0.05, 0.1) is 0 Å². The van der Waals surface area contributed by atoms with Crippen molar-refractivity contribution in [1.29, 1.82) is 0 Å². The lowest BCUT2D eigenvalue weighted by molar-refractivity contribution is -0.142. The zero-order valence-electron chi connectivity index (χ0n) is 13.8. The van der Waals surface area contributed by atoms with Crippen molar-refractivity contribution < 1.29 is 19.4 Å². The Balaban J connectivity index is 1.98. The molecule has 130 valence electrons. The molecule has 0 radical (unpaired) electrons. The minimum absolute atomic E-state index is 0.0426. The van der Waals surface area contributed by atoms with Crippen LogP contribution in [-0.2, 0) is 20.9 Å². The second kappa shape index (κ2) is 6.51. The van der Waals surface area contributed by atoms with Gasteiger partial charge in [0.25, 0.3) is 0 Å². The van der Waals surface area contributed by atoms with Gasteiger partial charge in [-0.15, -0.1) is 0 Å². The molecule has 2 atom stereocenters. The summed E-state index contributed by atoms with van der Waals surface area (Å²) in [4.78, 5) is 25.6. The third-order valence-electron chi connectivity index (χ3n) is 4.49. The number of rotatable bonds is 6. The Morgan fingerprint density at radius 2 is 1.76 bits per heavy atom. The number of carboxylic acid groups (broad SMARTS) is 1. The number of nitrogens with one attached hydrogen (secondary N) is 1. The molecule has 25 heavy (non-hydrogen) atoms. The van der Waals surface area contributed by atoms with Crippen molar-refractivity contribution in [1.82, 2.24) is 4.98 Å². The van der Waals surface area contributed by atoms with Crippen LogP contribution in [0.5, 0.6) is 0 Å². The van der Waals surface area contributed by atoms with Crippen LogP contribution in [0.1, 0.15) is 18.1 Å². The topological polar surface area (TPSA) is 90.4 Å². The number of para-hydroxylation sites is 1. The van der Waals surface area contributed by atoms with Gasteiger partial charge in [-0.1, -0.05) is 48.5 Å². The van der Waals surface area contributed by atoms with Crippen LogP contribution in [0.4, 0.5) is 0 Å². The van der Waals surface area contributed by atoms with Crippen molar-refractivity contribution in [3.8, 4) is 0 Å². The average molecular weight is 357 g/mol. The molecule has 0 aliphatic carbocycles. The van der Waals surface area contributed by atoms with Crippen molar-refractivity contribution in [3.05, 3.63) is 71.9 Å². The Morgan fingerprint density at radius 1 is 1.12 bits per heavy atom. The molecular formula is C19H20NO4P. The molecule has 2 unspecified atom stereocenters. The monoisotopic (exact) mass is 357 g/mol. The van der Waals surface area contributed by atoms with E-state index in [4.69, 9.17) is 0 Å². The molecule has 2 aromatic carbocycles. The molecule has 3 rings (SSSR count). The predicted molar refractivity (Wildman–Crippen MR) is 98.1 cm³/mol. The van der Waals surface area contributed by atoms with Crippen molar-refractivity contribution in [2.45, 2.75) is 18.5 Å². The maximum absolute atomic E-state index is 12.8. The van der Waals surface area contributed by atoms with Gasteiger partial charge in [-0.2, -0.15) is 0 Å². The molecule has 3 aromatic rings. The zero-order chi connectivity index (χ0) is 18.1. The third-order valence-corrected chi connectivity index (χ3v) is 6.48. The lowest BCUT2D eigenvalue weighted by Gasteiger charge is -2.27. The normalized spacial score (nSPS) is 16.2. The number of carboxylic acids is 1. The van der Waals surface area contributed by atoms with Crippen LogP contribution in [-0.4, -0.2) is 27.1 Å². The third kappa shape index (κ3) is 3.53. The minimum Gasteiger partial charge on any atom is -0.481 e. The first-order valence-corrected chi connectivity index (χ1v) is 10.00. The zero-order valence-corrected chi connectivity index (χ0v) is 14.7. The Hall–Kier alpha value is -2.36. The highest BCUT2D eigenvalue weighted by molar-refractivity contribution is 7.57. The van der Waals surface area contributed by atoms with Gasteiger partial charge in [0.1, 0.15) is 5.41 Å². The standard InChI is InChI=1S/C19H20NO4P/c1-19(18(21)22,16-11-20-17-10-6-5-9-15(16)17)13-25(23,24)12-14-7-3-2-4-8-14/h2-11,20H,12-13H2,1H3,(H,21,22)(H,23,24). The number of benzene rings is 2. The van der Waals surface area contributed by atoms with Crippen LogP contribution >= 0.6 is 7.37 Å². The van der Waals surface area contributed by atoms with Crippen LogP contribution < -0.4 is 0 Å². The molecular weight excluding hydrogens is 337 g/mol. The molecule has 1 aromatic heterocycles. The highest BCUT2D eigenvalue weighted by Crippen LogP contribution is 2.50. The quantitative estimate of drug-likeness (QED) is 0.582. The van der Waals surface area contributed by atoms with E-state index in [-0.39, 0.29) is 12.3 Å². The molecule has 0 saturated heterocycles. The van der Waals surface area contributed by atoms with E-state index in [2.05, 4.69) is 4.98 Å². The smallest absolute Gasteiger partial charge is 0.314 e. The second-order valence-electron chi connectivity index (χ2n) is 6.53. The Bertz CT molecular complexity index is 950. The van der Waals surface area contributed by atoms with E-state index in [1.807, 2.05) is 30.3 Å². The number of aromatic nitrogens is 1. The number of hydrogen-bond acceptors (Lipinski definition) is 2. The van der Waals surface area contributed by atoms with E-state index in [0.29, 0.717) is 5.56 Å². The molecule has 0 amide bonds. The molecule has 0 aliphatic rings. The Kier molecular flexibility index (Phi) is 4.55. The van der Waals surface area contributed by atoms with Gasteiger partial charge in [-0.3, -0.25) is 9.36 Å². The fourth-order valence-electron chi connectivity index (χ4n) is 3.21. The summed E-state index contributed by atoms with van der Waals surface area (Å²) in [5, 5.41) is 10.6. The fourth-order valence-corrected chi connectivity index (χ4v) is 5.40. The summed E-state index contributed by atoms with van der Waals surface area (Å²) in [6, 6.07) is 16.3. The molecule has 5 nitrogen and oxygen atoms in total. The van der Waals surface area contributed by atoms with Gasteiger partial charge in [0.15, 0.2) is 0 Å². The number of hydrogen-bond donors (Lipinski definition) is 3. The highest BCUT2D eigenvalue weighted by atomic mass is 31.2.